The molecule has 5 nitrogen and oxygen atoms in total. The van der Waals surface area contributed by atoms with E-state index in [0.717, 1.165) is 16.7 Å². The Labute approximate surface area is 140 Å². The van der Waals surface area contributed by atoms with Crippen LogP contribution in [0.1, 0.15) is 36.4 Å². The van der Waals surface area contributed by atoms with Crippen molar-refractivity contribution in [3.05, 3.63) is 65.5 Å². The summed E-state index contributed by atoms with van der Waals surface area (Å²) >= 11 is 0. The van der Waals surface area contributed by atoms with Gasteiger partial charge >= 0.3 is 0 Å². The number of nitrogens with zero attached hydrogens (tertiary/aromatic N) is 2. The summed E-state index contributed by atoms with van der Waals surface area (Å²) in [5.74, 6) is 1.68. The molecule has 24 heavy (non-hydrogen) atoms. The van der Waals surface area contributed by atoms with E-state index in [9.17, 15) is 5.11 Å². The van der Waals surface area contributed by atoms with Crippen LogP contribution < -0.4 is 4.74 Å². The van der Waals surface area contributed by atoms with Gasteiger partial charge in [0.1, 0.15) is 5.75 Å². The van der Waals surface area contributed by atoms with Crippen molar-refractivity contribution in [3.63, 3.8) is 0 Å². The molecule has 1 N–H and O–H groups in total. The molecule has 3 aromatic rings. The van der Waals surface area contributed by atoms with Crippen LogP contribution in [0.4, 0.5) is 0 Å². The second-order valence-corrected chi connectivity index (χ2v) is 5.61. The van der Waals surface area contributed by atoms with E-state index < -0.39 is 6.10 Å². The van der Waals surface area contributed by atoms with Crippen molar-refractivity contribution in [1.82, 2.24) is 10.1 Å². The van der Waals surface area contributed by atoms with Gasteiger partial charge in [-0.15, -0.1) is 0 Å². The molecule has 124 valence electrons. The molecule has 1 atom stereocenters. The summed E-state index contributed by atoms with van der Waals surface area (Å²) in [5, 5.41) is 13.7. The van der Waals surface area contributed by atoms with E-state index in [-0.39, 0.29) is 6.61 Å². The number of aromatic nitrogens is 2. The molecule has 0 amide bonds. The van der Waals surface area contributed by atoms with Crippen molar-refractivity contribution >= 4 is 0 Å². The molecule has 0 aliphatic carbocycles. The lowest BCUT2D eigenvalue weighted by atomic mass is 10.1. The van der Waals surface area contributed by atoms with Crippen molar-refractivity contribution in [3.8, 4) is 17.2 Å². The number of aliphatic hydroxyl groups is 1. The van der Waals surface area contributed by atoms with Crippen LogP contribution in [-0.2, 0) is 6.61 Å². The second-order valence-electron chi connectivity index (χ2n) is 5.61. The van der Waals surface area contributed by atoms with Crippen molar-refractivity contribution in [2.45, 2.75) is 33.0 Å². The first-order valence-corrected chi connectivity index (χ1v) is 7.96. The minimum atomic E-state index is -0.437. The number of aliphatic hydroxyl groups excluding tert-OH is 1. The molecule has 1 heterocycles. The molecule has 5 heteroatoms. The maximum absolute atomic E-state index is 9.79. The maximum Gasteiger partial charge on any atom is 0.258 e. The average molecular weight is 324 g/mol. The van der Waals surface area contributed by atoms with E-state index in [4.69, 9.17) is 9.26 Å². The van der Waals surface area contributed by atoms with Gasteiger partial charge in [0.05, 0.1) is 6.10 Å². The normalized spacial score (nSPS) is 12.1. The van der Waals surface area contributed by atoms with Gasteiger partial charge in [0.15, 0.2) is 6.61 Å². The summed E-state index contributed by atoms with van der Waals surface area (Å²) < 4.78 is 11.0. The summed E-state index contributed by atoms with van der Waals surface area (Å²) in [6.45, 7) is 4.17. The molecule has 3 rings (SSSR count). The predicted molar refractivity (Wildman–Crippen MR) is 90.5 cm³/mol. The van der Waals surface area contributed by atoms with E-state index in [1.807, 2.05) is 62.4 Å². The minimum absolute atomic E-state index is 0.227. The van der Waals surface area contributed by atoms with E-state index in [0.29, 0.717) is 23.9 Å². The molecule has 0 fully saturated rings. The molecule has 1 aromatic heterocycles. The zero-order valence-electron chi connectivity index (χ0n) is 13.8. The van der Waals surface area contributed by atoms with E-state index in [2.05, 4.69) is 10.1 Å². The van der Waals surface area contributed by atoms with Gasteiger partial charge in [-0.05, 0) is 42.7 Å². The molecule has 0 bridgehead atoms. The molecule has 2 aromatic carbocycles. The fourth-order valence-corrected chi connectivity index (χ4v) is 2.40. The number of ether oxygens (including phenoxy) is 1. The third-order valence-corrected chi connectivity index (χ3v) is 3.86. The monoisotopic (exact) mass is 324 g/mol. The highest BCUT2D eigenvalue weighted by Gasteiger charge is 2.11. The number of hydrogen-bond acceptors (Lipinski definition) is 5. The molecule has 0 aliphatic rings. The standard InChI is InChI=1S/C19H20N2O3/c1-3-17(22)14-8-10-15(11-9-14)23-12-18-20-19(24-21-18)16-7-5-4-6-13(16)2/h4-11,17,22H,3,12H2,1-2H3. The average Bonchev–Trinajstić information content (AvgIpc) is 3.09. The lowest BCUT2D eigenvalue weighted by molar-refractivity contribution is 0.173. The fourth-order valence-electron chi connectivity index (χ4n) is 2.40. The third kappa shape index (κ3) is 3.63. The SMILES string of the molecule is CCC(O)c1ccc(OCc2noc(-c3ccccc3C)n2)cc1. The van der Waals surface area contributed by atoms with Crippen molar-refractivity contribution in [2.75, 3.05) is 0 Å². The Morgan fingerprint density at radius 3 is 2.58 bits per heavy atom. The Hall–Kier alpha value is -2.66. The first-order chi connectivity index (χ1) is 11.7. The highest BCUT2D eigenvalue weighted by atomic mass is 16.5. The summed E-state index contributed by atoms with van der Waals surface area (Å²) in [7, 11) is 0. The van der Waals surface area contributed by atoms with E-state index in [1.165, 1.54) is 0 Å². The maximum atomic E-state index is 9.79. The first kappa shape index (κ1) is 16.2. The lowest BCUT2D eigenvalue weighted by Gasteiger charge is -2.09. The van der Waals surface area contributed by atoms with Gasteiger partial charge in [0, 0.05) is 5.56 Å². The van der Waals surface area contributed by atoms with Crippen LogP contribution in [0.15, 0.2) is 53.1 Å². The largest absolute Gasteiger partial charge is 0.485 e. The van der Waals surface area contributed by atoms with Gasteiger partial charge in [-0.3, -0.25) is 0 Å². The van der Waals surface area contributed by atoms with Crippen LogP contribution in [0.2, 0.25) is 0 Å². The smallest absolute Gasteiger partial charge is 0.258 e. The Balaban J connectivity index is 1.64. The Morgan fingerprint density at radius 1 is 1.12 bits per heavy atom. The summed E-state index contributed by atoms with van der Waals surface area (Å²) in [6, 6.07) is 15.2. The van der Waals surface area contributed by atoms with Crippen LogP contribution in [0.5, 0.6) is 5.75 Å². The number of rotatable bonds is 6. The van der Waals surface area contributed by atoms with Crippen molar-refractivity contribution in [1.29, 1.82) is 0 Å². The van der Waals surface area contributed by atoms with Gasteiger partial charge in [0.25, 0.3) is 5.89 Å². The van der Waals surface area contributed by atoms with Gasteiger partial charge < -0.3 is 14.4 Å². The lowest BCUT2D eigenvalue weighted by Crippen LogP contribution is -1.99. The molecule has 0 saturated carbocycles. The van der Waals surface area contributed by atoms with Crippen LogP contribution in [0.25, 0.3) is 11.5 Å². The summed E-state index contributed by atoms with van der Waals surface area (Å²) in [6.07, 6.45) is 0.248. The molecule has 0 spiro atoms. The molecule has 1 unspecified atom stereocenters. The zero-order chi connectivity index (χ0) is 16.9. The van der Waals surface area contributed by atoms with Gasteiger partial charge in [-0.1, -0.05) is 42.4 Å². The van der Waals surface area contributed by atoms with Crippen LogP contribution in [0, 0.1) is 6.92 Å². The minimum Gasteiger partial charge on any atom is -0.485 e. The molecule has 0 aliphatic heterocycles. The van der Waals surface area contributed by atoms with Gasteiger partial charge in [0.2, 0.25) is 5.82 Å². The van der Waals surface area contributed by atoms with Crippen molar-refractivity contribution < 1.29 is 14.4 Å². The van der Waals surface area contributed by atoms with Gasteiger partial charge in [-0.2, -0.15) is 4.98 Å². The van der Waals surface area contributed by atoms with Gasteiger partial charge in [-0.25, -0.2) is 0 Å². The fraction of sp³-hybridized carbons (Fsp3) is 0.263. The highest BCUT2D eigenvalue weighted by Crippen LogP contribution is 2.22. The Morgan fingerprint density at radius 2 is 1.88 bits per heavy atom. The molecule has 0 radical (unpaired) electrons. The van der Waals surface area contributed by atoms with Crippen LogP contribution in [-0.4, -0.2) is 15.2 Å². The number of aryl methyl sites for hydroxylation is 1. The molecule has 0 saturated heterocycles. The quantitative estimate of drug-likeness (QED) is 0.740. The number of hydrogen-bond donors (Lipinski definition) is 1. The Bertz CT molecular complexity index is 796. The molecular formula is C19H20N2O3. The summed E-state index contributed by atoms with van der Waals surface area (Å²) in [5.41, 5.74) is 2.89. The van der Waals surface area contributed by atoms with E-state index in [1.54, 1.807) is 0 Å². The topological polar surface area (TPSA) is 68.4 Å². The predicted octanol–water partition coefficient (Wildman–Crippen LogP) is 4.07. The van der Waals surface area contributed by atoms with Crippen LogP contribution in [0.3, 0.4) is 0 Å². The van der Waals surface area contributed by atoms with E-state index >= 15 is 0 Å². The first-order valence-electron chi connectivity index (χ1n) is 7.96. The summed E-state index contributed by atoms with van der Waals surface area (Å²) in [4.78, 5) is 4.37. The third-order valence-electron chi connectivity index (χ3n) is 3.86. The zero-order valence-corrected chi connectivity index (χ0v) is 13.8. The number of benzene rings is 2. The highest BCUT2D eigenvalue weighted by molar-refractivity contribution is 5.57. The van der Waals surface area contributed by atoms with Crippen molar-refractivity contribution in [2.24, 2.45) is 0 Å². The second kappa shape index (κ2) is 7.27. The van der Waals surface area contributed by atoms with Crippen LogP contribution >= 0.6 is 0 Å². The molecular weight excluding hydrogens is 304 g/mol. The Kier molecular flexibility index (Phi) is 4.91.